The second-order valence-corrected chi connectivity index (χ2v) is 8.39. The Hall–Kier alpha value is -3.69. The molecule has 0 unspecified atom stereocenters. The van der Waals surface area contributed by atoms with Gasteiger partial charge in [-0.05, 0) is 35.9 Å². The molecule has 33 heavy (non-hydrogen) atoms. The quantitative estimate of drug-likeness (QED) is 0.394. The SMILES string of the molecule is O=C(c1cccc(Cn2c3cc(Cl)ccc3c(=O)c3c(=O)[nH][nH]c(=O)c32)c1)N1CCNCC1. The maximum Gasteiger partial charge on any atom is 0.287 e. The van der Waals surface area contributed by atoms with Crippen molar-refractivity contribution in [3.05, 3.63) is 89.5 Å². The summed E-state index contributed by atoms with van der Waals surface area (Å²) in [6.45, 7) is 2.92. The molecule has 0 radical (unpaired) electrons. The van der Waals surface area contributed by atoms with Gasteiger partial charge in [-0.1, -0.05) is 23.7 Å². The van der Waals surface area contributed by atoms with Crippen LogP contribution in [0, 0.1) is 0 Å². The van der Waals surface area contributed by atoms with Crippen LogP contribution in [0.2, 0.25) is 5.02 Å². The van der Waals surface area contributed by atoms with E-state index >= 15 is 0 Å². The molecule has 0 bridgehead atoms. The Labute approximate surface area is 191 Å². The van der Waals surface area contributed by atoms with Gasteiger partial charge in [0.05, 0.1) is 5.52 Å². The minimum atomic E-state index is -0.678. The van der Waals surface area contributed by atoms with Gasteiger partial charge in [-0.25, -0.2) is 0 Å². The normalized spacial score (nSPS) is 14.2. The molecule has 0 saturated carbocycles. The number of carbonyl (C=O) groups is 1. The highest BCUT2D eigenvalue weighted by Crippen LogP contribution is 2.21. The number of nitrogens with one attached hydrogen (secondary N) is 3. The summed E-state index contributed by atoms with van der Waals surface area (Å²) in [5.74, 6) is -0.0645. The van der Waals surface area contributed by atoms with E-state index in [2.05, 4.69) is 15.5 Å². The maximum absolute atomic E-state index is 13.0. The van der Waals surface area contributed by atoms with Crippen LogP contribution in [-0.4, -0.2) is 51.8 Å². The fourth-order valence-electron chi connectivity index (χ4n) is 4.30. The van der Waals surface area contributed by atoms with Crippen molar-refractivity contribution in [2.75, 3.05) is 26.2 Å². The Morgan fingerprint density at radius 3 is 2.52 bits per heavy atom. The van der Waals surface area contributed by atoms with Crippen molar-refractivity contribution in [1.82, 2.24) is 25.0 Å². The summed E-state index contributed by atoms with van der Waals surface area (Å²) in [5.41, 5.74) is -0.162. The number of amides is 1. The zero-order valence-electron chi connectivity index (χ0n) is 17.5. The zero-order chi connectivity index (χ0) is 23.1. The van der Waals surface area contributed by atoms with Crippen LogP contribution in [0.3, 0.4) is 0 Å². The van der Waals surface area contributed by atoms with Gasteiger partial charge in [-0.2, -0.15) is 0 Å². The molecular formula is C23H20ClN5O4. The van der Waals surface area contributed by atoms with Crippen LogP contribution in [0.5, 0.6) is 0 Å². The van der Waals surface area contributed by atoms with E-state index in [4.69, 9.17) is 11.6 Å². The Morgan fingerprint density at radius 1 is 0.970 bits per heavy atom. The molecule has 1 saturated heterocycles. The van der Waals surface area contributed by atoms with Gasteiger partial charge in [0.15, 0.2) is 0 Å². The first-order chi connectivity index (χ1) is 15.9. The number of aromatic nitrogens is 3. The predicted molar refractivity (Wildman–Crippen MR) is 126 cm³/mol. The fourth-order valence-corrected chi connectivity index (χ4v) is 4.47. The van der Waals surface area contributed by atoms with E-state index in [-0.39, 0.29) is 28.7 Å². The second kappa shape index (κ2) is 8.34. The number of benzene rings is 2. The minimum absolute atomic E-state index is 0.0441. The number of halogens is 1. The molecule has 1 aliphatic rings. The van der Waals surface area contributed by atoms with Crippen LogP contribution < -0.4 is 21.9 Å². The molecule has 4 aromatic rings. The smallest absolute Gasteiger partial charge is 0.287 e. The van der Waals surface area contributed by atoms with Gasteiger partial charge in [-0.15, -0.1) is 0 Å². The molecule has 0 spiro atoms. The van der Waals surface area contributed by atoms with Gasteiger partial charge in [0.2, 0.25) is 5.43 Å². The fraction of sp³-hybridized carbons (Fsp3) is 0.217. The standard InChI is InChI=1S/C23H20ClN5O4/c24-15-4-5-16-17(11-15)29(19-18(20(16)30)21(31)26-27-22(19)32)12-13-2-1-3-14(10-13)23(33)28-8-6-25-7-9-28/h1-5,10-11,25H,6-9,12H2,(H,26,31)(H,27,32). The molecule has 2 aromatic carbocycles. The average Bonchev–Trinajstić information content (AvgIpc) is 2.83. The molecule has 168 valence electrons. The molecule has 3 N–H and O–H groups in total. The number of nitrogens with zero attached hydrogens (tertiary/aromatic N) is 2. The van der Waals surface area contributed by atoms with E-state index < -0.39 is 16.5 Å². The number of piperazine rings is 1. The summed E-state index contributed by atoms with van der Waals surface area (Å²) in [7, 11) is 0. The Kier molecular flexibility index (Phi) is 5.35. The highest BCUT2D eigenvalue weighted by molar-refractivity contribution is 6.31. The van der Waals surface area contributed by atoms with Gasteiger partial charge in [-0.3, -0.25) is 29.4 Å². The maximum atomic E-state index is 13.0. The van der Waals surface area contributed by atoms with Crippen molar-refractivity contribution in [2.45, 2.75) is 6.54 Å². The Morgan fingerprint density at radius 2 is 1.73 bits per heavy atom. The predicted octanol–water partition coefficient (Wildman–Crippen LogP) is 1.28. The van der Waals surface area contributed by atoms with Gasteiger partial charge in [0, 0.05) is 48.7 Å². The number of hydrogen-bond acceptors (Lipinski definition) is 5. The third kappa shape index (κ3) is 3.75. The molecular weight excluding hydrogens is 446 g/mol. The lowest BCUT2D eigenvalue weighted by atomic mass is 10.1. The topological polar surface area (TPSA) is 120 Å². The monoisotopic (exact) mass is 465 g/mol. The zero-order valence-corrected chi connectivity index (χ0v) is 18.2. The molecule has 3 heterocycles. The first-order valence-corrected chi connectivity index (χ1v) is 10.9. The number of carbonyl (C=O) groups excluding carboxylic acids is 1. The highest BCUT2D eigenvalue weighted by atomic mass is 35.5. The molecule has 0 aliphatic carbocycles. The number of rotatable bonds is 3. The molecule has 9 nitrogen and oxygen atoms in total. The summed E-state index contributed by atoms with van der Waals surface area (Å²) in [6.07, 6.45) is 0. The number of aromatic amines is 2. The van der Waals surface area contributed by atoms with Crippen molar-refractivity contribution in [3.63, 3.8) is 0 Å². The lowest BCUT2D eigenvalue weighted by molar-refractivity contribution is 0.0735. The van der Waals surface area contributed by atoms with Gasteiger partial charge in [0.25, 0.3) is 17.0 Å². The van der Waals surface area contributed by atoms with E-state index in [1.807, 2.05) is 6.07 Å². The molecule has 5 rings (SSSR count). The van der Waals surface area contributed by atoms with Gasteiger partial charge < -0.3 is 14.8 Å². The van der Waals surface area contributed by atoms with Crippen LogP contribution >= 0.6 is 11.6 Å². The molecule has 0 atom stereocenters. The molecule has 1 aliphatic heterocycles. The van der Waals surface area contributed by atoms with Crippen molar-refractivity contribution in [1.29, 1.82) is 0 Å². The highest BCUT2D eigenvalue weighted by Gasteiger charge is 2.20. The number of H-pyrrole nitrogens is 2. The summed E-state index contributed by atoms with van der Waals surface area (Å²) in [6, 6.07) is 11.8. The summed E-state index contributed by atoms with van der Waals surface area (Å²) >= 11 is 6.20. The summed E-state index contributed by atoms with van der Waals surface area (Å²) < 4.78 is 1.60. The third-order valence-corrected chi connectivity index (χ3v) is 6.11. The van der Waals surface area contributed by atoms with Crippen molar-refractivity contribution in [2.24, 2.45) is 0 Å². The van der Waals surface area contributed by atoms with Crippen molar-refractivity contribution in [3.8, 4) is 0 Å². The first kappa shape index (κ1) is 21.2. The van der Waals surface area contributed by atoms with Gasteiger partial charge in [0.1, 0.15) is 10.9 Å². The molecule has 10 heteroatoms. The van der Waals surface area contributed by atoms with Crippen LogP contribution in [0.25, 0.3) is 21.8 Å². The van der Waals surface area contributed by atoms with E-state index in [1.165, 1.54) is 0 Å². The van der Waals surface area contributed by atoms with E-state index in [9.17, 15) is 19.2 Å². The third-order valence-electron chi connectivity index (χ3n) is 5.88. The van der Waals surface area contributed by atoms with Crippen molar-refractivity contribution < 1.29 is 4.79 Å². The largest absolute Gasteiger partial charge is 0.336 e. The van der Waals surface area contributed by atoms with Crippen LogP contribution in [-0.2, 0) is 6.54 Å². The van der Waals surface area contributed by atoms with E-state index in [0.717, 1.165) is 18.7 Å². The van der Waals surface area contributed by atoms with Crippen molar-refractivity contribution >= 4 is 39.3 Å². The van der Waals surface area contributed by atoms with Crippen LogP contribution in [0.1, 0.15) is 15.9 Å². The number of hydrogen-bond donors (Lipinski definition) is 3. The number of pyridine rings is 1. The Bertz CT molecular complexity index is 1580. The average molecular weight is 466 g/mol. The summed E-state index contributed by atoms with van der Waals surface area (Å²) in [4.78, 5) is 52.9. The summed E-state index contributed by atoms with van der Waals surface area (Å²) in [5, 5.41) is 8.18. The van der Waals surface area contributed by atoms with Gasteiger partial charge >= 0.3 is 0 Å². The molecule has 1 fully saturated rings. The molecule has 1 amide bonds. The van der Waals surface area contributed by atoms with Crippen LogP contribution in [0.15, 0.2) is 56.8 Å². The second-order valence-electron chi connectivity index (χ2n) is 7.95. The number of fused-ring (bicyclic) bond motifs is 2. The Balaban J connectivity index is 1.68. The lowest BCUT2D eigenvalue weighted by Crippen LogP contribution is -2.46. The first-order valence-electron chi connectivity index (χ1n) is 10.5. The van der Waals surface area contributed by atoms with Crippen LogP contribution in [0.4, 0.5) is 0 Å². The van der Waals surface area contributed by atoms with E-state index in [1.54, 1.807) is 45.9 Å². The molecule has 2 aromatic heterocycles. The minimum Gasteiger partial charge on any atom is -0.336 e. The van der Waals surface area contributed by atoms with E-state index in [0.29, 0.717) is 29.2 Å². The lowest BCUT2D eigenvalue weighted by Gasteiger charge is -2.27.